The molecular formula is C22H21N7S. The minimum atomic E-state index is 0.583. The molecule has 0 spiro atoms. The Bertz CT molecular complexity index is 1240. The minimum Gasteiger partial charge on any atom is -0.351 e. The Morgan fingerprint density at radius 2 is 2.10 bits per heavy atom. The third kappa shape index (κ3) is 3.18. The minimum absolute atomic E-state index is 0.583. The standard InChI is InChI=1S/C22H21N7S/c1-13-4-3-7-24-21(13)22-26-15-11-19(25-12-17(15)30-22)27-18-5-2-6-20(28-18)29-9-8-23-14-10-16(14)29/h2-7,11-12,14,16,23H,8-10H2,1H3,(H,25,27,28). The molecule has 1 saturated carbocycles. The van der Waals surface area contributed by atoms with Gasteiger partial charge in [-0.2, -0.15) is 0 Å². The molecule has 1 aliphatic heterocycles. The normalized spacial score (nSPS) is 20.2. The quantitative estimate of drug-likeness (QED) is 0.525. The van der Waals surface area contributed by atoms with Gasteiger partial charge in [0.25, 0.3) is 0 Å². The van der Waals surface area contributed by atoms with Crippen molar-refractivity contribution in [1.29, 1.82) is 0 Å². The fraction of sp³-hybridized carbons (Fsp3) is 0.273. The molecule has 8 heteroatoms. The molecule has 150 valence electrons. The molecule has 30 heavy (non-hydrogen) atoms. The van der Waals surface area contributed by atoms with Crippen LogP contribution >= 0.6 is 11.3 Å². The molecule has 1 aliphatic carbocycles. The first-order chi connectivity index (χ1) is 14.7. The summed E-state index contributed by atoms with van der Waals surface area (Å²) in [7, 11) is 0. The van der Waals surface area contributed by atoms with E-state index in [0.717, 1.165) is 57.0 Å². The Kier molecular flexibility index (Phi) is 4.14. The number of thiazole rings is 1. The molecule has 7 nitrogen and oxygen atoms in total. The number of nitrogens with zero attached hydrogens (tertiary/aromatic N) is 5. The first kappa shape index (κ1) is 17.7. The van der Waals surface area contributed by atoms with Crippen molar-refractivity contribution in [2.45, 2.75) is 25.4 Å². The van der Waals surface area contributed by atoms with E-state index in [0.29, 0.717) is 12.1 Å². The Labute approximate surface area is 178 Å². The number of aryl methyl sites for hydroxylation is 1. The van der Waals surface area contributed by atoms with Gasteiger partial charge in [-0.3, -0.25) is 4.98 Å². The second-order valence-corrected chi connectivity index (χ2v) is 8.82. The summed E-state index contributed by atoms with van der Waals surface area (Å²) in [5.74, 6) is 2.56. The lowest BCUT2D eigenvalue weighted by atomic mass is 10.2. The van der Waals surface area contributed by atoms with Crippen molar-refractivity contribution in [2.24, 2.45) is 0 Å². The van der Waals surface area contributed by atoms with E-state index in [2.05, 4.69) is 44.6 Å². The third-order valence-electron chi connectivity index (χ3n) is 5.69. The highest BCUT2D eigenvalue weighted by molar-refractivity contribution is 7.21. The van der Waals surface area contributed by atoms with Gasteiger partial charge in [0.05, 0.1) is 10.2 Å². The lowest BCUT2D eigenvalue weighted by molar-refractivity contribution is 0.577. The maximum absolute atomic E-state index is 4.83. The predicted molar refractivity (Wildman–Crippen MR) is 120 cm³/mol. The van der Waals surface area contributed by atoms with Gasteiger partial charge in [-0.25, -0.2) is 15.0 Å². The van der Waals surface area contributed by atoms with E-state index in [1.165, 1.54) is 6.42 Å². The highest BCUT2D eigenvalue weighted by atomic mass is 32.1. The predicted octanol–water partition coefficient (Wildman–Crippen LogP) is 3.75. The maximum Gasteiger partial charge on any atom is 0.143 e. The van der Waals surface area contributed by atoms with Crippen molar-refractivity contribution in [2.75, 3.05) is 23.3 Å². The zero-order valence-electron chi connectivity index (χ0n) is 16.5. The van der Waals surface area contributed by atoms with E-state index in [4.69, 9.17) is 9.97 Å². The molecule has 0 radical (unpaired) electrons. The van der Waals surface area contributed by atoms with Crippen molar-refractivity contribution >= 4 is 39.0 Å². The Morgan fingerprint density at radius 3 is 3.03 bits per heavy atom. The van der Waals surface area contributed by atoms with Crippen LogP contribution in [-0.4, -0.2) is 45.1 Å². The van der Waals surface area contributed by atoms with Crippen LogP contribution in [0.4, 0.5) is 17.5 Å². The molecule has 4 aromatic heterocycles. The maximum atomic E-state index is 4.83. The molecule has 6 rings (SSSR count). The molecule has 2 unspecified atom stereocenters. The summed E-state index contributed by atoms with van der Waals surface area (Å²) in [6, 6.07) is 13.3. The zero-order chi connectivity index (χ0) is 20.1. The lowest BCUT2D eigenvalue weighted by Crippen LogP contribution is -2.43. The number of pyridine rings is 3. The number of nitrogens with one attached hydrogen (secondary N) is 2. The SMILES string of the molecule is Cc1cccnc1-c1nc2cc(Nc3cccc(N4CCNC5CC54)n3)ncc2s1. The van der Waals surface area contributed by atoms with Crippen LogP contribution in [0.1, 0.15) is 12.0 Å². The summed E-state index contributed by atoms with van der Waals surface area (Å²) >= 11 is 1.61. The van der Waals surface area contributed by atoms with Gasteiger partial charge in [0, 0.05) is 43.6 Å². The summed E-state index contributed by atoms with van der Waals surface area (Å²) in [6.07, 6.45) is 4.88. The molecule has 0 bridgehead atoms. The number of piperazine rings is 1. The van der Waals surface area contributed by atoms with Crippen LogP contribution in [0.15, 0.2) is 48.8 Å². The summed E-state index contributed by atoms with van der Waals surface area (Å²) in [5.41, 5.74) is 2.96. The van der Waals surface area contributed by atoms with E-state index < -0.39 is 0 Å². The summed E-state index contributed by atoms with van der Waals surface area (Å²) in [4.78, 5) is 21.1. The van der Waals surface area contributed by atoms with Crippen molar-refractivity contribution in [3.05, 3.63) is 54.4 Å². The number of rotatable bonds is 4. The van der Waals surface area contributed by atoms with E-state index >= 15 is 0 Å². The molecular weight excluding hydrogens is 394 g/mol. The van der Waals surface area contributed by atoms with Crippen molar-refractivity contribution in [3.63, 3.8) is 0 Å². The summed E-state index contributed by atoms with van der Waals surface area (Å²) in [5, 5.41) is 7.80. The fourth-order valence-electron chi connectivity index (χ4n) is 4.06. The number of fused-ring (bicyclic) bond motifs is 2. The molecule has 2 N–H and O–H groups in total. The smallest absolute Gasteiger partial charge is 0.143 e. The Balaban J connectivity index is 1.27. The first-order valence-corrected chi connectivity index (χ1v) is 11.0. The zero-order valence-corrected chi connectivity index (χ0v) is 17.4. The highest BCUT2D eigenvalue weighted by Gasteiger charge is 2.44. The molecule has 0 amide bonds. The summed E-state index contributed by atoms with van der Waals surface area (Å²) in [6.45, 7) is 4.07. The monoisotopic (exact) mass is 415 g/mol. The van der Waals surface area contributed by atoms with Gasteiger partial charge in [-0.15, -0.1) is 11.3 Å². The molecule has 4 aromatic rings. The second kappa shape index (κ2) is 7.00. The molecule has 5 heterocycles. The number of aromatic nitrogens is 4. The van der Waals surface area contributed by atoms with Crippen molar-refractivity contribution in [1.82, 2.24) is 25.3 Å². The van der Waals surface area contributed by atoms with Gasteiger partial charge in [0.15, 0.2) is 0 Å². The van der Waals surface area contributed by atoms with Crippen molar-refractivity contribution < 1.29 is 0 Å². The van der Waals surface area contributed by atoms with Crippen LogP contribution in [0, 0.1) is 6.92 Å². The van der Waals surface area contributed by atoms with Crippen LogP contribution in [0.2, 0.25) is 0 Å². The van der Waals surface area contributed by atoms with Gasteiger partial charge in [-0.1, -0.05) is 12.1 Å². The Hall–Kier alpha value is -3.10. The van der Waals surface area contributed by atoms with E-state index in [-0.39, 0.29) is 0 Å². The lowest BCUT2D eigenvalue weighted by Gasteiger charge is -2.28. The van der Waals surface area contributed by atoms with Crippen LogP contribution in [0.3, 0.4) is 0 Å². The summed E-state index contributed by atoms with van der Waals surface area (Å²) < 4.78 is 1.04. The van der Waals surface area contributed by atoms with Crippen LogP contribution < -0.4 is 15.5 Å². The van der Waals surface area contributed by atoms with Gasteiger partial charge in [-0.05, 0) is 37.1 Å². The molecule has 0 aromatic carbocycles. The molecule has 2 fully saturated rings. The van der Waals surface area contributed by atoms with Gasteiger partial charge >= 0.3 is 0 Å². The van der Waals surface area contributed by atoms with Crippen LogP contribution in [0.25, 0.3) is 20.9 Å². The van der Waals surface area contributed by atoms with Gasteiger partial charge in [0.2, 0.25) is 0 Å². The van der Waals surface area contributed by atoms with E-state index in [1.807, 2.05) is 30.5 Å². The van der Waals surface area contributed by atoms with Crippen LogP contribution in [0.5, 0.6) is 0 Å². The average Bonchev–Trinajstić information content (AvgIpc) is 3.45. The number of anilines is 3. The van der Waals surface area contributed by atoms with Crippen LogP contribution in [-0.2, 0) is 0 Å². The molecule has 2 aliphatic rings. The van der Waals surface area contributed by atoms with Crippen molar-refractivity contribution in [3.8, 4) is 10.7 Å². The third-order valence-corrected chi connectivity index (χ3v) is 6.70. The van der Waals surface area contributed by atoms with E-state index in [1.54, 1.807) is 17.5 Å². The molecule has 1 saturated heterocycles. The first-order valence-electron chi connectivity index (χ1n) is 10.2. The number of hydrogen-bond donors (Lipinski definition) is 2. The number of hydrogen-bond acceptors (Lipinski definition) is 8. The topological polar surface area (TPSA) is 78.9 Å². The van der Waals surface area contributed by atoms with Gasteiger partial charge in [0.1, 0.15) is 28.2 Å². The second-order valence-electron chi connectivity index (χ2n) is 7.79. The largest absolute Gasteiger partial charge is 0.351 e. The average molecular weight is 416 g/mol. The Morgan fingerprint density at radius 1 is 1.13 bits per heavy atom. The van der Waals surface area contributed by atoms with E-state index in [9.17, 15) is 0 Å². The highest BCUT2D eigenvalue weighted by Crippen LogP contribution is 2.34. The fourth-order valence-corrected chi connectivity index (χ4v) is 5.04. The van der Waals surface area contributed by atoms with Gasteiger partial charge < -0.3 is 15.5 Å². The molecule has 2 atom stereocenters.